The van der Waals surface area contributed by atoms with Gasteiger partial charge in [-0.15, -0.1) is 0 Å². The van der Waals surface area contributed by atoms with Crippen LogP contribution in [0.25, 0.3) is 0 Å². The number of carbonyl (C=O) groups excluding carboxylic acids is 1. The van der Waals surface area contributed by atoms with Gasteiger partial charge in [0.25, 0.3) is 0 Å². The Morgan fingerprint density at radius 3 is 2.94 bits per heavy atom. The Labute approximate surface area is 108 Å². The van der Waals surface area contributed by atoms with Crippen LogP contribution in [0.1, 0.15) is 38.3 Å². The molecule has 0 radical (unpaired) electrons. The van der Waals surface area contributed by atoms with Gasteiger partial charge < -0.3 is 10.6 Å². The van der Waals surface area contributed by atoms with Crippen LogP contribution in [-0.2, 0) is 4.79 Å². The van der Waals surface area contributed by atoms with Gasteiger partial charge in [0.1, 0.15) is 0 Å². The molecule has 2 heterocycles. The molecule has 98 valence electrons. The molecule has 4 nitrogen and oxygen atoms in total. The fraction of sp³-hybridized carbons (Fsp3) is 0.571. The van der Waals surface area contributed by atoms with Gasteiger partial charge in [-0.2, -0.15) is 0 Å². The SMILES string of the molecule is CCCC1(C(=O)Nc2ccc(C)nc2)CCCN1. The van der Waals surface area contributed by atoms with Crippen molar-refractivity contribution < 1.29 is 4.79 Å². The molecule has 1 aromatic rings. The molecule has 2 N–H and O–H groups in total. The average molecular weight is 247 g/mol. The maximum absolute atomic E-state index is 12.4. The highest BCUT2D eigenvalue weighted by atomic mass is 16.2. The third-order valence-corrected chi connectivity index (χ3v) is 3.52. The summed E-state index contributed by atoms with van der Waals surface area (Å²) in [4.78, 5) is 16.6. The molecular weight excluding hydrogens is 226 g/mol. The van der Waals surface area contributed by atoms with Crippen LogP contribution in [0.2, 0.25) is 0 Å². The number of carbonyl (C=O) groups is 1. The fourth-order valence-electron chi connectivity index (χ4n) is 2.55. The summed E-state index contributed by atoms with van der Waals surface area (Å²) in [5, 5.41) is 6.34. The van der Waals surface area contributed by atoms with E-state index in [1.165, 1.54) is 0 Å². The number of nitrogens with zero attached hydrogens (tertiary/aromatic N) is 1. The van der Waals surface area contributed by atoms with Crippen molar-refractivity contribution in [1.29, 1.82) is 0 Å². The molecule has 4 heteroatoms. The minimum atomic E-state index is -0.375. The molecular formula is C14H21N3O. The van der Waals surface area contributed by atoms with Crippen LogP contribution in [0, 0.1) is 6.92 Å². The zero-order chi connectivity index (χ0) is 13.0. The van der Waals surface area contributed by atoms with E-state index in [-0.39, 0.29) is 11.4 Å². The summed E-state index contributed by atoms with van der Waals surface area (Å²) in [5.74, 6) is 0.0764. The van der Waals surface area contributed by atoms with Gasteiger partial charge >= 0.3 is 0 Å². The van der Waals surface area contributed by atoms with Gasteiger partial charge in [0.2, 0.25) is 5.91 Å². The highest BCUT2D eigenvalue weighted by Gasteiger charge is 2.39. The molecule has 1 aromatic heterocycles. The highest BCUT2D eigenvalue weighted by molar-refractivity contribution is 5.98. The number of aromatic nitrogens is 1. The second-order valence-corrected chi connectivity index (χ2v) is 5.00. The van der Waals surface area contributed by atoms with Crippen molar-refractivity contribution in [1.82, 2.24) is 10.3 Å². The summed E-state index contributed by atoms with van der Waals surface area (Å²) in [6.45, 7) is 4.98. The van der Waals surface area contributed by atoms with Gasteiger partial charge in [-0.05, 0) is 44.9 Å². The van der Waals surface area contributed by atoms with E-state index in [0.29, 0.717) is 0 Å². The van der Waals surface area contributed by atoms with Crippen LogP contribution < -0.4 is 10.6 Å². The van der Waals surface area contributed by atoms with Crippen molar-refractivity contribution in [2.75, 3.05) is 11.9 Å². The van der Waals surface area contributed by atoms with Crippen molar-refractivity contribution in [3.8, 4) is 0 Å². The first-order chi connectivity index (χ1) is 8.66. The predicted octanol–water partition coefficient (Wildman–Crippen LogP) is 2.25. The van der Waals surface area contributed by atoms with E-state index in [2.05, 4.69) is 22.5 Å². The van der Waals surface area contributed by atoms with Crippen molar-refractivity contribution >= 4 is 11.6 Å². The summed E-state index contributed by atoms with van der Waals surface area (Å²) in [6.07, 6.45) is 5.60. The molecule has 1 aliphatic rings. The third kappa shape index (κ3) is 2.70. The predicted molar refractivity (Wildman–Crippen MR) is 72.5 cm³/mol. The molecule has 1 aliphatic heterocycles. The van der Waals surface area contributed by atoms with E-state index in [4.69, 9.17) is 0 Å². The number of anilines is 1. The van der Waals surface area contributed by atoms with Crippen LogP contribution in [0.3, 0.4) is 0 Å². The summed E-state index contributed by atoms with van der Waals surface area (Å²) >= 11 is 0. The molecule has 2 rings (SSSR count). The minimum Gasteiger partial charge on any atom is -0.323 e. The number of amides is 1. The Morgan fingerprint density at radius 1 is 1.56 bits per heavy atom. The van der Waals surface area contributed by atoms with Gasteiger partial charge in [-0.3, -0.25) is 9.78 Å². The normalized spacial score (nSPS) is 23.0. The number of pyridine rings is 1. The third-order valence-electron chi connectivity index (χ3n) is 3.52. The molecule has 1 fully saturated rings. The molecule has 0 bridgehead atoms. The number of hydrogen-bond donors (Lipinski definition) is 2. The van der Waals surface area contributed by atoms with Gasteiger partial charge in [-0.25, -0.2) is 0 Å². The Hall–Kier alpha value is -1.42. The first-order valence-electron chi connectivity index (χ1n) is 6.65. The number of aryl methyl sites for hydroxylation is 1. The van der Waals surface area contributed by atoms with E-state index in [9.17, 15) is 4.79 Å². The lowest BCUT2D eigenvalue weighted by molar-refractivity contribution is -0.122. The second kappa shape index (κ2) is 5.48. The van der Waals surface area contributed by atoms with Crippen LogP contribution in [0.15, 0.2) is 18.3 Å². The maximum atomic E-state index is 12.4. The first-order valence-corrected chi connectivity index (χ1v) is 6.65. The van der Waals surface area contributed by atoms with E-state index >= 15 is 0 Å². The fourth-order valence-corrected chi connectivity index (χ4v) is 2.55. The van der Waals surface area contributed by atoms with E-state index < -0.39 is 0 Å². The minimum absolute atomic E-state index is 0.0764. The van der Waals surface area contributed by atoms with Crippen LogP contribution >= 0.6 is 0 Å². The lowest BCUT2D eigenvalue weighted by atomic mass is 9.91. The van der Waals surface area contributed by atoms with Crippen molar-refractivity contribution in [3.63, 3.8) is 0 Å². The van der Waals surface area contributed by atoms with Crippen molar-refractivity contribution in [2.45, 2.75) is 45.1 Å². The quantitative estimate of drug-likeness (QED) is 0.858. The molecule has 1 amide bonds. The largest absolute Gasteiger partial charge is 0.323 e. The molecule has 1 saturated heterocycles. The Bertz CT molecular complexity index is 408. The smallest absolute Gasteiger partial charge is 0.244 e. The Kier molecular flexibility index (Phi) is 3.97. The van der Waals surface area contributed by atoms with Gasteiger partial charge in [0, 0.05) is 5.69 Å². The second-order valence-electron chi connectivity index (χ2n) is 5.00. The van der Waals surface area contributed by atoms with E-state index in [0.717, 1.165) is 43.6 Å². The van der Waals surface area contributed by atoms with Crippen LogP contribution in [0.4, 0.5) is 5.69 Å². The number of rotatable bonds is 4. The first kappa shape index (κ1) is 13.0. The van der Waals surface area contributed by atoms with E-state index in [1.807, 2.05) is 19.1 Å². The van der Waals surface area contributed by atoms with Crippen LogP contribution in [0.5, 0.6) is 0 Å². The standard InChI is InChI=1S/C14H21N3O/c1-3-7-14(8-4-9-16-14)13(18)17-12-6-5-11(2)15-10-12/h5-6,10,16H,3-4,7-9H2,1-2H3,(H,17,18). The van der Waals surface area contributed by atoms with Gasteiger partial charge in [0.15, 0.2) is 0 Å². The molecule has 0 aliphatic carbocycles. The molecule has 18 heavy (non-hydrogen) atoms. The Balaban J connectivity index is 2.07. The van der Waals surface area contributed by atoms with Crippen molar-refractivity contribution in [3.05, 3.63) is 24.0 Å². The number of hydrogen-bond acceptors (Lipinski definition) is 3. The highest BCUT2D eigenvalue weighted by Crippen LogP contribution is 2.26. The summed E-state index contributed by atoms with van der Waals surface area (Å²) in [7, 11) is 0. The maximum Gasteiger partial charge on any atom is 0.244 e. The summed E-state index contributed by atoms with van der Waals surface area (Å²) in [5.41, 5.74) is 1.35. The van der Waals surface area contributed by atoms with Gasteiger partial charge in [-0.1, -0.05) is 13.3 Å². The summed E-state index contributed by atoms with van der Waals surface area (Å²) < 4.78 is 0. The molecule has 1 unspecified atom stereocenters. The van der Waals surface area contributed by atoms with Crippen molar-refractivity contribution in [2.24, 2.45) is 0 Å². The molecule has 0 aromatic carbocycles. The molecule has 0 saturated carbocycles. The summed E-state index contributed by atoms with van der Waals surface area (Å²) in [6, 6.07) is 3.80. The lowest BCUT2D eigenvalue weighted by Gasteiger charge is -2.27. The van der Waals surface area contributed by atoms with Crippen LogP contribution in [-0.4, -0.2) is 23.0 Å². The molecule has 0 spiro atoms. The number of nitrogens with one attached hydrogen (secondary N) is 2. The van der Waals surface area contributed by atoms with Gasteiger partial charge in [0.05, 0.1) is 17.4 Å². The lowest BCUT2D eigenvalue weighted by Crippen LogP contribution is -2.50. The molecule has 1 atom stereocenters. The zero-order valence-corrected chi connectivity index (χ0v) is 11.1. The average Bonchev–Trinajstić information content (AvgIpc) is 2.82. The Morgan fingerprint density at radius 2 is 2.39 bits per heavy atom. The monoisotopic (exact) mass is 247 g/mol. The topological polar surface area (TPSA) is 54.0 Å². The van der Waals surface area contributed by atoms with E-state index in [1.54, 1.807) is 6.20 Å². The zero-order valence-electron chi connectivity index (χ0n) is 11.1.